The number of hydrogen-bond donors (Lipinski definition) is 0. The summed E-state index contributed by atoms with van der Waals surface area (Å²) in [5.41, 5.74) is 1.96. The van der Waals surface area contributed by atoms with Crippen molar-refractivity contribution in [3.8, 4) is 11.4 Å². The van der Waals surface area contributed by atoms with Gasteiger partial charge in [0, 0.05) is 18.2 Å². The molecule has 1 aliphatic rings. The van der Waals surface area contributed by atoms with Crippen LogP contribution in [0.2, 0.25) is 0 Å². The van der Waals surface area contributed by atoms with Gasteiger partial charge in [-0.05, 0) is 40.3 Å². The van der Waals surface area contributed by atoms with Crippen LogP contribution in [0.4, 0.5) is 0 Å². The molecule has 1 aromatic heterocycles. The summed E-state index contributed by atoms with van der Waals surface area (Å²) < 4.78 is 1.62. The highest BCUT2D eigenvalue weighted by atomic mass is 15.6. The molecular formula is C13H14N8. The highest BCUT2D eigenvalue weighted by molar-refractivity contribution is 5.56. The lowest BCUT2D eigenvalue weighted by molar-refractivity contribution is 0.549. The molecule has 2 aromatic rings. The van der Waals surface area contributed by atoms with E-state index in [-0.39, 0.29) is 0 Å². The number of benzene rings is 1. The van der Waals surface area contributed by atoms with Gasteiger partial charge in [-0.1, -0.05) is 30.3 Å². The second-order valence-electron chi connectivity index (χ2n) is 4.73. The minimum absolute atomic E-state index is 0.702. The maximum atomic E-state index is 4.20. The van der Waals surface area contributed by atoms with Crippen LogP contribution in [0.25, 0.3) is 11.4 Å². The predicted molar refractivity (Wildman–Crippen MR) is 75.1 cm³/mol. The average molecular weight is 282 g/mol. The van der Waals surface area contributed by atoms with Crippen LogP contribution in [0.1, 0.15) is 19.4 Å². The molecule has 0 saturated carbocycles. The van der Waals surface area contributed by atoms with Crippen molar-refractivity contribution in [2.45, 2.75) is 19.5 Å². The number of tetrazole rings is 1. The van der Waals surface area contributed by atoms with E-state index in [4.69, 9.17) is 0 Å². The molecule has 8 nitrogen and oxygen atoms in total. The van der Waals surface area contributed by atoms with Crippen molar-refractivity contribution in [3.63, 3.8) is 0 Å². The summed E-state index contributed by atoms with van der Waals surface area (Å²) in [4.78, 5) is 0. The highest BCUT2D eigenvalue weighted by Gasteiger charge is 2.37. The molecule has 0 bridgehead atoms. The Balaban J connectivity index is 2.03. The maximum absolute atomic E-state index is 4.20. The molecule has 106 valence electrons. The standard InChI is InChI=1S/C13H14N8/c1-4-9(2)13(15-18-19-16-13)11-7-5-10(6-8-11)12-14-17-20-21(12)3/h4-8H,1-3H3. The van der Waals surface area contributed by atoms with Gasteiger partial charge in [0.25, 0.3) is 0 Å². The van der Waals surface area contributed by atoms with E-state index in [1.165, 1.54) is 0 Å². The Morgan fingerprint density at radius 3 is 2.33 bits per heavy atom. The highest BCUT2D eigenvalue weighted by Crippen LogP contribution is 2.39. The molecule has 2 heterocycles. The van der Waals surface area contributed by atoms with E-state index in [2.05, 4.69) is 36.2 Å². The monoisotopic (exact) mass is 282 g/mol. The van der Waals surface area contributed by atoms with Crippen molar-refractivity contribution in [1.29, 1.82) is 0 Å². The van der Waals surface area contributed by atoms with Crippen molar-refractivity contribution in [3.05, 3.63) is 41.5 Å². The Morgan fingerprint density at radius 1 is 1.14 bits per heavy atom. The number of allylic oxidation sites excluding steroid dienone is 1. The van der Waals surface area contributed by atoms with Gasteiger partial charge >= 0.3 is 0 Å². The van der Waals surface area contributed by atoms with Gasteiger partial charge in [0.05, 0.1) is 0 Å². The molecule has 0 atom stereocenters. The lowest BCUT2D eigenvalue weighted by atomic mass is 9.92. The molecular weight excluding hydrogens is 268 g/mol. The van der Waals surface area contributed by atoms with Crippen LogP contribution >= 0.6 is 0 Å². The minimum Gasteiger partial charge on any atom is -0.229 e. The SMILES string of the molecule is CC=C(C)C1(c2ccc(-c3nnnn3C)cc2)N=NN=N1. The zero-order valence-corrected chi connectivity index (χ0v) is 12.0. The average Bonchev–Trinajstić information content (AvgIpc) is 3.16. The third-order valence-electron chi connectivity index (χ3n) is 3.57. The number of aromatic nitrogens is 4. The van der Waals surface area contributed by atoms with Gasteiger partial charge in [0.15, 0.2) is 5.82 Å². The largest absolute Gasteiger partial charge is 0.240 e. The lowest BCUT2D eigenvalue weighted by Gasteiger charge is -2.21. The van der Waals surface area contributed by atoms with Gasteiger partial charge in [-0.25, -0.2) is 4.68 Å². The Hall–Kier alpha value is -2.77. The zero-order chi connectivity index (χ0) is 14.9. The molecule has 0 radical (unpaired) electrons. The summed E-state index contributed by atoms with van der Waals surface area (Å²) in [6.07, 6.45) is 1.96. The van der Waals surface area contributed by atoms with Crippen molar-refractivity contribution in [2.75, 3.05) is 0 Å². The maximum Gasteiger partial charge on any atom is 0.240 e. The van der Waals surface area contributed by atoms with Crippen molar-refractivity contribution >= 4 is 0 Å². The molecule has 3 rings (SSSR count). The van der Waals surface area contributed by atoms with Crippen LogP contribution < -0.4 is 0 Å². The molecule has 0 N–H and O–H groups in total. The van der Waals surface area contributed by atoms with Crippen LogP contribution in [-0.4, -0.2) is 20.2 Å². The van der Waals surface area contributed by atoms with Crippen LogP contribution in [0.15, 0.2) is 56.6 Å². The van der Waals surface area contributed by atoms with E-state index < -0.39 is 5.66 Å². The summed E-state index contributed by atoms with van der Waals surface area (Å²) in [7, 11) is 1.80. The number of rotatable bonds is 3. The van der Waals surface area contributed by atoms with Gasteiger partial charge in [-0.15, -0.1) is 15.3 Å². The first-order valence-electron chi connectivity index (χ1n) is 6.48. The first kappa shape index (κ1) is 13.2. The fourth-order valence-electron chi connectivity index (χ4n) is 2.22. The van der Waals surface area contributed by atoms with E-state index in [9.17, 15) is 0 Å². The Kier molecular flexibility index (Phi) is 3.13. The molecule has 8 heteroatoms. The normalized spacial score (nSPS) is 16.6. The summed E-state index contributed by atoms with van der Waals surface area (Å²) >= 11 is 0. The smallest absolute Gasteiger partial charge is 0.229 e. The first-order valence-corrected chi connectivity index (χ1v) is 6.48. The lowest BCUT2D eigenvalue weighted by Crippen LogP contribution is -2.20. The summed E-state index contributed by atoms with van der Waals surface area (Å²) in [5, 5.41) is 27.2. The minimum atomic E-state index is -0.842. The number of nitrogens with zero attached hydrogens (tertiary/aromatic N) is 8. The molecule has 0 unspecified atom stereocenters. The van der Waals surface area contributed by atoms with Crippen molar-refractivity contribution in [1.82, 2.24) is 20.2 Å². The van der Waals surface area contributed by atoms with Gasteiger partial charge in [-0.2, -0.15) is 0 Å². The van der Waals surface area contributed by atoms with Crippen LogP contribution in [0.3, 0.4) is 0 Å². The number of aryl methyl sites for hydroxylation is 1. The molecule has 0 aliphatic carbocycles. The van der Waals surface area contributed by atoms with Gasteiger partial charge < -0.3 is 0 Å². The van der Waals surface area contributed by atoms with Crippen molar-refractivity contribution < 1.29 is 0 Å². The molecule has 1 aliphatic heterocycles. The van der Waals surface area contributed by atoms with Crippen LogP contribution in [0, 0.1) is 0 Å². The molecule has 1 aromatic carbocycles. The second kappa shape index (κ2) is 4.97. The topological polar surface area (TPSA) is 93.0 Å². The van der Waals surface area contributed by atoms with Crippen LogP contribution in [-0.2, 0) is 12.7 Å². The van der Waals surface area contributed by atoms with Gasteiger partial charge in [0.1, 0.15) is 0 Å². The van der Waals surface area contributed by atoms with Crippen molar-refractivity contribution in [2.24, 2.45) is 27.7 Å². The summed E-state index contributed by atoms with van der Waals surface area (Å²) in [6, 6.07) is 7.77. The molecule has 0 spiro atoms. The van der Waals surface area contributed by atoms with Gasteiger partial charge in [0.2, 0.25) is 5.66 Å². The van der Waals surface area contributed by atoms with E-state index >= 15 is 0 Å². The van der Waals surface area contributed by atoms with E-state index in [1.807, 2.05) is 44.2 Å². The Labute approximate surface area is 121 Å². The third kappa shape index (κ3) is 2.04. The third-order valence-corrected chi connectivity index (χ3v) is 3.57. The fraction of sp³-hybridized carbons (Fsp3) is 0.308. The molecule has 0 saturated heterocycles. The van der Waals surface area contributed by atoms with E-state index in [0.29, 0.717) is 5.82 Å². The predicted octanol–water partition coefficient (Wildman–Crippen LogP) is 2.83. The molecule has 21 heavy (non-hydrogen) atoms. The first-order chi connectivity index (χ1) is 10.2. The van der Waals surface area contributed by atoms with Gasteiger partial charge in [-0.3, -0.25) is 0 Å². The molecule has 0 fully saturated rings. The summed E-state index contributed by atoms with van der Waals surface area (Å²) in [6.45, 7) is 3.91. The van der Waals surface area contributed by atoms with E-state index in [0.717, 1.165) is 16.7 Å². The molecule has 0 amide bonds. The Morgan fingerprint density at radius 2 is 1.81 bits per heavy atom. The van der Waals surface area contributed by atoms with E-state index in [1.54, 1.807) is 11.7 Å². The quantitative estimate of drug-likeness (QED) is 0.810. The summed E-state index contributed by atoms with van der Waals surface area (Å²) in [5.74, 6) is 0.702. The van der Waals surface area contributed by atoms with Crippen LogP contribution in [0.5, 0.6) is 0 Å². The fourth-order valence-corrected chi connectivity index (χ4v) is 2.22. The zero-order valence-electron chi connectivity index (χ0n) is 12.0. The Bertz CT molecular complexity index is 726. The number of hydrogen-bond acceptors (Lipinski definition) is 7. The second-order valence-corrected chi connectivity index (χ2v) is 4.73.